The molecule has 2 aliphatic rings. The Kier molecular flexibility index (Phi) is 3.21. The Bertz CT molecular complexity index is 707. The molecule has 1 saturated carbocycles. The summed E-state index contributed by atoms with van der Waals surface area (Å²) in [7, 11) is 0. The summed E-state index contributed by atoms with van der Waals surface area (Å²) < 4.78 is 0. The number of carbonyl (C=O) groups is 1. The van der Waals surface area contributed by atoms with Crippen LogP contribution in [0, 0.1) is 12.8 Å². The molecule has 4 rings (SSSR count). The van der Waals surface area contributed by atoms with Crippen molar-refractivity contribution in [2.24, 2.45) is 5.92 Å². The Hall–Kier alpha value is -2.16. The molecule has 22 heavy (non-hydrogen) atoms. The van der Waals surface area contributed by atoms with Gasteiger partial charge in [0.1, 0.15) is 0 Å². The fourth-order valence-electron chi connectivity index (χ4n) is 3.46. The summed E-state index contributed by atoms with van der Waals surface area (Å²) in [6, 6.07) is 10.7. The third kappa shape index (κ3) is 2.31. The molecule has 1 aliphatic heterocycles. The van der Waals surface area contributed by atoms with Crippen LogP contribution in [-0.2, 0) is 11.2 Å². The molecule has 0 saturated heterocycles. The molecule has 1 aliphatic carbocycles. The van der Waals surface area contributed by atoms with Crippen molar-refractivity contribution >= 4 is 5.91 Å². The first kappa shape index (κ1) is 13.5. The van der Waals surface area contributed by atoms with Gasteiger partial charge in [-0.15, -0.1) is 0 Å². The summed E-state index contributed by atoms with van der Waals surface area (Å²) in [4.78, 5) is 19.1. The van der Waals surface area contributed by atoms with E-state index in [1.165, 1.54) is 16.7 Å². The first-order valence-electron chi connectivity index (χ1n) is 8.04. The van der Waals surface area contributed by atoms with Crippen LogP contribution in [-0.4, -0.2) is 22.3 Å². The van der Waals surface area contributed by atoms with Crippen molar-refractivity contribution in [3.63, 3.8) is 0 Å². The lowest BCUT2D eigenvalue weighted by atomic mass is 9.87. The fourth-order valence-corrected chi connectivity index (χ4v) is 3.46. The van der Waals surface area contributed by atoms with Gasteiger partial charge < -0.3 is 4.90 Å². The second-order valence-corrected chi connectivity index (χ2v) is 6.45. The number of aryl methyl sites for hydroxylation is 1. The Morgan fingerprint density at radius 1 is 1.27 bits per heavy atom. The maximum Gasteiger partial charge on any atom is 0.226 e. The number of hydrogen-bond acceptors (Lipinski definition) is 2. The Morgan fingerprint density at radius 3 is 2.86 bits per heavy atom. The van der Waals surface area contributed by atoms with E-state index < -0.39 is 0 Å². The number of nitrogens with zero attached hydrogens (tertiary/aromatic N) is 2. The van der Waals surface area contributed by atoms with Gasteiger partial charge in [0.15, 0.2) is 0 Å². The highest BCUT2D eigenvalue weighted by Gasteiger charge is 2.39. The zero-order valence-electron chi connectivity index (χ0n) is 12.8. The number of pyridine rings is 1. The van der Waals surface area contributed by atoms with Crippen molar-refractivity contribution in [2.45, 2.75) is 32.2 Å². The highest BCUT2D eigenvalue weighted by molar-refractivity contribution is 5.82. The van der Waals surface area contributed by atoms with Gasteiger partial charge in [-0.1, -0.05) is 29.8 Å². The molecule has 0 N–H and O–H groups in total. The van der Waals surface area contributed by atoms with Crippen molar-refractivity contribution in [3.8, 4) is 0 Å². The van der Waals surface area contributed by atoms with Gasteiger partial charge in [-0.3, -0.25) is 9.78 Å². The van der Waals surface area contributed by atoms with E-state index in [2.05, 4.69) is 41.1 Å². The molecule has 3 nitrogen and oxygen atoms in total. The molecule has 1 amide bonds. The lowest BCUT2D eigenvalue weighted by Gasteiger charge is -2.38. The van der Waals surface area contributed by atoms with Crippen LogP contribution in [0.25, 0.3) is 0 Å². The lowest BCUT2D eigenvalue weighted by molar-refractivity contribution is -0.134. The second kappa shape index (κ2) is 5.24. The van der Waals surface area contributed by atoms with E-state index in [1.807, 2.05) is 12.3 Å². The maximum absolute atomic E-state index is 12.7. The minimum absolute atomic E-state index is 0.0196. The smallest absolute Gasteiger partial charge is 0.226 e. The highest BCUT2D eigenvalue weighted by atomic mass is 16.2. The van der Waals surface area contributed by atoms with Gasteiger partial charge in [0.05, 0.1) is 6.04 Å². The van der Waals surface area contributed by atoms with Crippen LogP contribution in [0.2, 0.25) is 0 Å². The van der Waals surface area contributed by atoms with Crippen LogP contribution in [0.5, 0.6) is 0 Å². The summed E-state index contributed by atoms with van der Waals surface area (Å²) in [5.74, 6) is 0.575. The van der Waals surface area contributed by atoms with Crippen molar-refractivity contribution in [1.82, 2.24) is 9.88 Å². The number of hydrogen-bond donors (Lipinski definition) is 0. The number of benzene rings is 1. The van der Waals surface area contributed by atoms with Crippen molar-refractivity contribution in [1.29, 1.82) is 0 Å². The predicted molar refractivity (Wildman–Crippen MR) is 85.4 cm³/mol. The molecule has 0 spiro atoms. The molecule has 2 heterocycles. The fraction of sp³-hybridized carbons (Fsp3) is 0.368. The van der Waals surface area contributed by atoms with E-state index in [-0.39, 0.29) is 12.0 Å². The van der Waals surface area contributed by atoms with E-state index in [9.17, 15) is 4.79 Å². The van der Waals surface area contributed by atoms with Gasteiger partial charge in [0.25, 0.3) is 0 Å². The van der Waals surface area contributed by atoms with E-state index >= 15 is 0 Å². The standard InChI is InChI=1S/C19H20N2O/c1-13-4-7-17-15(11-13)8-10-21(19(22)14-5-6-14)18(17)16-3-2-9-20-12-16/h2-4,7,9,11-12,14,18H,5-6,8,10H2,1H3. The van der Waals surface area contributed by atoms with E-state index in [0.717, 1.165) is 31.4 Å². The first-order chi connectivity index (χ1) is 10.7. The molecule has 1 fully saturated rings. The summed E-state index contributed by atoms with van der Waals surface area (Å²) in [6.07, 6.45) is 6.74. The minimum atomic E-state index is 0.0196. The van der Waals surface area contributed by atoms with Crippen LogP contribution in [0.4, 0.5) is 0 Å². The Balaban J connectivity index is 1.80. The summed E-state index contributed by atoms with van der Waals surface area (Å²) in [5.41, 5.74) is 5.03. The molecule has 1 aromatic carbocycles. The first-order valence-corrected chi connectivity index (χ1v) is 8.04. The van der Waals surface area contributed by atoms with Gasteiger partial charge >= 0.3 is 0 Å². The Labute approximate surface area is 131 Å². The number of fused-ring (bicyclic) bond motifs is 1. The van der Waals surface area contributed by atoms with Gasteiger partial charge in [-0.2, -0.15) is 0 Å². The third-order valence-corrected chi connectivity index (χ3v) is 4.74. The van der Waals surface area contributed by atoms with E-state index in [4.69, 9.17) is 0 Å². The van der Waals surface area contributed by atoms with Crippen LogP contribution < -0.4 is 0 Å². The molecule has 1 aromatic heterocycles. The van der Waals surface area contributed by atoms with Gasteiger partial charge in [-0.25, -0.2) is 0 Å². The zero-order chi connectivity index (χ0) is 15.1. The second-order valence-electron chi connectivity index (χ2n) is 6.45. The summed E-state index contributed by atoms with van der Waals surface area (Å²) in [6.45, 7) is 2.94. The highest BCUT2D eigenvalue weighted by Crippen LogP contribution is 2.40. The molecule has 0 bridgehead atoms. The number of rotatable bonds is 2. The summed E-state index contributed by atoms with van der Waals surface area (Å²) in [5, 5.41) is 0. The van der Waals surface area contributed by atoms with Crippen LogP contribution in [0.3, 0.4) is 0 Å². The van der Waals surface area contributed by atoms with Crippen LogP contribution in [0.15, 0.2) is 42.7 Å². The lowest BCUT2D eigenvalue weighted by Crippen LogP contribution is -2.41. The quantitative estimate of drug-likeness (QED) is 0.851. The number of aromatic nitrogens is 1. The largest absolute Gasteiger partial charge is 0.331 e. The zero-order valence-corrected chi connectivity index (χ0v) is 12.8. The van der Waals surface area contributed by atoms with Crippen molar-refractivity contribution < 1.29 is 4.79 Å². The molecule has 3 heteroatoms. The van der Waals surface area contributed by atoms with Gasteiger partial charge in [-0.05, 0) is 48.9 Å². The van der Waals surface area contributed by atoms with E-state index in [1.54, 1.807) is 6.20 Å². The summed E-state index contributed by atoms with van der Waals surface area (Å²) >= 11 is 0. The molecule has 1 unspecified atom stereocenters. The average Bonchev–Trinajstić information content (AvgIpc) is 3.38. The van der Waals surface area contributed by atoms with Crippen LogP contribution in [0.1, 0.15) is 41.1 Å². The molecular formula is C19H20N2O. The SMILES string of the molecule is Cc1ccc2c(c1)CCN(C(=O)C1CC1)C2c1cccnc1. The van der Waals surface area contributed by atoms with Crippen molar-refractivity contribution in [3.05, 3.63) is 65.0 Å². The Morgan fingerprint density at radius 2 is 2.14 bits per heavy atom. The van der Waals surface area contributed by atoms with Crippen LogP contribution >= 0.6 is 0 Å². The topological polar surface area (TPSA) is 33.2 Å². The molecule has 2 aromatic rings. The molecular weight excluding hydrogens is 272 g/mol. The number of carbonyl (C=O) groups excluding carboxylic acids is 1. The molecule has 0 radical (unpaired) electrons. The normalized spacial score (nSPS) is 20.6. The molecule has 112 valence electrons. The third-order valence-electron chi connectivity index (χ3n) is 4.74. The molecule has 1 atom stereocenters. The maximum atomic E-state index is 12.7. The number of amides is 1. The monoisotopic (exact) mass is 292 g/mol. The van der Waals surface area contributed by atoms with E-state index in [0.29, 0.717) is 5.91 Å². The predicted octanol–water partition coefficient (Wildman–Crippen LogP) is 3.27. The van der Waals surface area contributed by atoms with Gasteiger partial charge in [0.2, 0.25) is 5.91 Å². The minimum Gasteiger partial charge on any atom is -0.331 e. The van der Waals surface area contributed by atoms with Gasteiger partial charge in [0, 0.05) is 24.9 Å². The average molecular weight is 292 g/mol. The van der Waals surface area contributed by atoms with Crippen molar-refractivity contribution in [2.75, 3.05) is 6.54 Å².